The molecule has 1 N–H and O–H groups in total. The van der Waals surface area contributed by atoms with Crippen LogP contribution >= 0.6 is 0 Å². The van der Waals surface area contributed by atoms with Crippen molar-refractivity contribution in [1.29, 1.82) is 0 Å². The zero-order valence-electron chi connectivity index (χ0n) is 19.2. The van der Waals surface area contributed by atoms with Crippen molar-refractivity contribution in [3.63, 3.8) is 0 Å². The predicted octanol–water partition coefficient (Wildman–Crippen LogP) is 4.57. The number of aryl methyl sites for hydroxylation is 1. The van der Waals surface area contributed by atoms with E-state index in [2.05, 4.69) is 15.5 Å². The summed E-state index contributed by atoms with van der Waals surface area (Å²) in [5.74, 6) is 2.24. The van der Waals surface area contributed by atoms with Crippen molar-refractivity contribution in [3.8, 4) is 28.6 Å². The Morgan fingerprint density at radius 2 is 1.68 bits per heavy atom. The summed E-state index contributed by atoms with van der Waals surface area (Å²) < 4.78 is 21.7. The minimum atomic E-state index is -0.275. The van der Waals surface area contributed by atoms with E-state index in [0.717, 1.165) is 16.7 Å². The number of aromatic nitrogens is 2. The molecule has 0 atom stereocenters. The van der Waals surface area contributed by atoms with Gasteiger partial charge in [-0.2, -0.15) is 4.98 Å². The Labute approximate surface area is 197 Å². The van der Waals surface area contributed by atoms with E-state index in [-0.39, 0.29) is 12.5 Å². The highest BCUT2D eigenvalue weighted by molar-refractivity contribution is 5.96. The molecule has 8 heteroatoms. The van der Waals surface area contributed by atoms with E-state index in [0.29, 0.717) is 41.1 Å². The van der Waals surface area contributed by atoms with Crippen LogP contribution in [-0.4, -0.2) is 30.3 Å². The second-order valence-electron chi connectivity index (χ2n) is 7.57. The molecule has 0 aliphatic carbocycles. The summed E-state index contributed by atoms with van der Waals surface area (Å²) in [6.45, 7) is 2.35. The summed E-state index contributed by atoms with van der Waals surface area (Å²) in [5, 5.41) is 6.92. The van der Waals surface area contributed by atoms with E-state index in [1.54, 1.807) is 44.6 Å². The lowest BCUT2D eigenvalue weighted by Gasteiger charge is -2.12. The lowest BCUT2D eigenvalue weighted by Crippen LogP contribution is -2.23. The van der Waals surface area contributed by atoms with E-state index in [4.69, 9.17) is 18.7 Å². The molecule has 0 bridgehead atoms. The van der Waals surface area contributed by atoms with Gasteiger partial charge in [0.1, 0.15) is 17.2 Å². The summed E-state index contributed by atoms with van der Waals surface area (Å²) in [4.78, 5) is 17.3. The van der Waals surface area contributed by atoms with Crippen LogP contribution in [0.25, 0.3) is 11.4 Å². The van der Waals surface area contributed by atoms with Gasteiger partial charge in [0.15, 0.2) is 6.61 Å². The van der Waals surface area contributed by atoms with Crippen LogP contribution in [0.1, 0.15) is 27.4 Å². The van der Waals surface area contributed by atoms with Gasteiger partial charge in [-0.3, -0.25) is 4.79 Å². The molecule has 0 saturated carbocycles. The average Bonchev–Trinajstić information content (AvgIpc) is 3.35. The number of hydrogen-bond donors (Lipinski definition) is 1. The third-order valence-corrected chi connectivity index (χ3v) is 5.12. The van der Waals surface area contributed by atoms with Crippen molar-refractivity contribution < 1.29 is 23.5 Å². The largest absolute Gasteiger partial charge is 0.497 e. The standard InChI is InChI=1S/C26H25N3O5/c1-17-8-10-19(11-9-17)25-28-24(34-29-25)16-33-23-7-5-4-6-22(23)26(30)27-15-18-12-20(31-2)14-21(13-18)32-3/h4-14H,15-16H2,1-3H3,(H,27,30). The molecule has 0 aliphatic rings. The number of methoxy groups -OCH3 is 2. The summed E-state index contributed by atoms with van der Waals surface area (Å²) in [6.07, 6.45) is 0. The average molecular weight is 460 g/mol. The van der Waals surface area contributed by atoms with Gasteiger partial charge in [-0.05, 0) is 36.8 Å². The molecule has 0 aliphatic heterocycles. The van der Waals surface area contributed by atoms with Gasteiger partial charge in [0.05, 0.1) is 19.8 Å². The molecule has 174 valence electrons. The van der Waals surface area contributed by atoms with Crippen molar-refractivity contribution in [2.75, 3.05) is 14.2 Å². The summed E-state index contributed by atoms with van der Waals surface area (Å²) in [7, 11) is 3.16. The molecule has 1 amide bonds. The molecule has 0 radical (unpaired) electrons. The second kappa shape index (κ2) is 10.5. The number of nitrogens with zero attached hydrogens (tertiary/aromatic N) is 2. The Kier molecular flexibility index (Phi) is 7.07. The van der Waals surface area contributed by atoms with Gasteiger partial charge in [-0.1, -0.05) is 47.1 Å². The van der Waals surface area contributed by atoms with Gasteiger partial charge in [0, 0.05) is 18.2 Å². The molecule has 4 rings (SSSR count). The Morgan fingerprint density at radius 3 is 2.38 bits per heavy atom. The monoisotopic (exact) mass is 459 g/mol. The smallest absolute Gasteiger partial charge is 0.264 e. The lowest BCUT2D eigenvalue weighted by molar-refractivity contribution is 0.0945. The topological polar surface area (TPSA) is 95.7 Å². The molecule has 0 saturated heterocycles. The fourth-order valence-corrected chi connectivity index (χ4v) is 3.30. The maximum absolute atomic E-state index is 12.9. The molecule has 1 aromatic heterocycles. The summed E-state index contributed by atoms with van der Waals surface area (Å²) in [5.41, 5.74) is 3.25. The summed E-state index contributed by atoms with van der Waals surface area (Å²) in [6, 6.07) is 20.3. The third kappa shape index (κ3) is 5.53. The van der Waals surface area contributed by atoms with Crippen molar-refractivity contribution in [2.45, 2.75) is 20.1 Å². The van der Waals surface area contributed by atoms with Crippen LogP contribution in [-0.2, 0) is 13.2 Å². The zero-order chi connectivity index (χ0) is 23.9. The Morgan fingerprint density at radius 1 is 0.971 bits per heavy atom. The fraction of sp³-hybridized carbons (Fsp3) is 0.192. The number of hydrogen-bond acceptors (Lipinski definition) is 7. The van der Waals surface area contributed by atoms with Gasteiger partial charge in [0.2, 0.25) is 5.82 Å². The normalized spacial score (nSPS) is 10.6. The van der Waals surface area contributed by atoms with Crippen molar-refractivity contribution >= 4 is 5.91 Å². The molecule has 1 heterocycles. The highest BCUT2D eigenvalue weighted by atomic mass is 16.5. The number of benzene rings is 3. The number of nitrogens with one attached hydrogen (secondary N) is 1. The van der Waals surface area contributed by atoms with Crippen LogP contribution in [0.3, 0.4) is 0 Å². The minimum absolute atomic E-state index is 0.0379. The van der Waals surface area contributed by atoms with E-state index in [1.165, 1.54) is 0 Å². The van der Waals surface area contributed by atoms with Crippen molar-refractivity contribution in [2.24, 2.45) is 0 Å². The molecule has 3 aromatic carbocycles. The molecule has 4 aromatic rings. The molecular formula is C26H25N3O5. The SMILES string of the molecule is COc1cc(CNC(=O)c2ccccc2OCc2nc(-c3ccc(C)cc3)no2)cc(OC)c1. The first-order valence-electron chi connectivity index (χ1n) is 10.7. The Bertz CT molecular complexity index is 1250. The van der Waals surface area contributed by atoms with Gasteiger partial charge in [0.25, 0.3) is 11.8 Å². The van der Waals surface area contributed by atoms with Crippen LogP contribution in [0.4, 0.5) is 0 Å². The summed E-state index contributed by atoms with van der Waals surface area (Å²) >= 11 is 0. The van der Waals surface area contributed by atoms with Crippen molar-refractivity contribution in [1.82, 2.24) is 15.5 Å². The molecular weight excluding hydrogens is 434 g/mol. The third-order valence-electron chi connectivity index (χ3n) is 5.12. The van der Waals surface area contributed by atoms with Crippen LogP contribution < -0.4 is 19.5 Å². The first-order chi connectivity index (χ1) is 16.6. The predicted molar refractivity (Wildman–Crippen MR) is 126 cm³/mol. The minimum Gasteiger partial charge on any atom is -0.497 e. The van der Waals surface area contributed by atoms with E-state index >= 15 is 0 Å². The highest BCUT2D eigenvalue weighted by Gasteiger charge is 2.15. The zero-order valence-corrected chi connectivity index (χ0v) is 19.2. The Balaban J connectivity index is 1.41. The molecule has 8 nitrogen and oxygen atoms in total. The highest BCUT2D eigenvalue weighted by Crippen LogP contribution is 2.24. The quantitative estimate of drug-likeness (QED) is 0.392. The number of carbonyl (C=O) groups is 1. The molecule has 0 fully saturated rings. The van der Waals surface area contributed by atoms with Gasteiger partial charge in [-0.15, -0.1) is 0 Å². The number of ether oxygens (including phenoxy) is 3. The van der Waals surface area contributed by atoms with E-state index in [1.807, 2.05) is 43.3 Å². The van der Waals surface area contributed by atoms with Gasteiger partial charge >= 0.3 is 0 Å². The van der Waals surface area contributed by atoms with Crippen molar-refractivity contribution in [3.05, 3.63) is 89.3 Å². The van der Waals surface area contributed by atoms with Crippen LogP contribution in [0.5, 0.6) is 17.2 Å². The van der Waals surface area contributed by atoms with Crippen LogP contribution in [0, 0.1) is 6.92 Å². The van der Waals surface area contributed by atoms with Crippen LogP contribution in [0.15, 0.2) is 71.3 Å². The van der Waals surface area contributed by atoms with E-state index < -0.39 is 0 Å². The molecule has 0 spiro atoms. The maximum atomic E-state index is 12.9. The maximum Gasteiger partial charge on any atom is 0.264 e. The lowest BCUT2D eigenvalue weighted by atomic mass is 10.1. The first kappa shape index (κ1) is 22.8. The molecule has 0 unspecified atom stereocenters. The van der Waals surface area contributed by atoms with Gasteiger partial charge < -0.3 is 24.1 Å². The van der Waals surface area contributed by atoms with E-state index in [9.17, 15) is 4.79 Å². The number of amides is 1. The number of para-hydroxylation sites is 1. The van der Waals surface area contributed by atoms with Crippen LogP contribution in [0.2, 0.25) is 0 Å². The molecule has 34 heavy (non-hydrogen) atoms. The first-order valence-corrected chi connectivity index (χ1v) is 10.7. The number of carbonyl (C=O) groups excluding carboxylic acids is 1. The Hall–Kier alpha value is -4.33. The number of rotatable bonds is 9. The van der Waals surface area contributed by atoms with Gasteiger partial charge in [-0.25, -0.2) is 0 Å². The fourth-order valence-electron chi connectivity index (χ4n) is 3.30. The second-order valence-corrected chi connectivity index (χ2v) is 7.57.